The van der Waals surface area contributed by atoms with Crippen molar-refractivity contribution in [3.05, 3.63) is 36.0 Å². The molecule has 4 heteroatoms. The number of carbonyl (C=O) groups excluding carboxylic acids is 2. The fourth-order valence-electron chi connectivity index (χ4n) is 1.83. The van der Waals surface area contributed by atoms with Gasteiger partial charge in [-0.3, -0.25) is 9.36 Å². The van der Waals surface area contributed by atoms with Gasteiger partial charge >= 0.3 is 5.97 Å². The Balaban J connectivity index is 2.40. The first-order valence-corrected chi connectivity index (χ1v) is 5.82. The molecule has 0 radical (unpaired) electrons. The van der Waals surface area contributed by atoms with E-state index in [0.29, 0.717) is 5.56 Å². The van der Waals surface area contributed by atoms with Gasteiger partial charge in [-0.2, -0.15) is 0 Å². The summed E-state index contributed by atoms with van der Waals surface area (Å²) < 4.78 is 6.68. The number of fused-ring (bicyclic) bond motifs is 1. The smallest absolute Gasteiger partial charge is 0.338 e. The molecule has 1 heterocycles. The van der Waals surface area contributed by atoms with Crippen LogP contribution in [-0.4, -0.2) is 22.5 Å². The summed E-state index contributed by atoms with van der Waals surface area (Å²) in [5.41, 5.74) is 1.29. The lowest BCUT2D eigenvalue weighted by Crippen LogP contribution is -2.11. The van der Waals surface area contributed by atoms with E-state index < -0.39 is 0 Å². The van der Waals surface area contributed by atoms with Gasteiger partial charge in [0.15, 0.2) is 0 Å². The van der Waals surface area contributed by atoms with Crippen LogP contribution in [0.4, 0.5) is 0 Å². The van der Waals surface area contributed by atoms with Crippen LogP contribution in [0.25, 0.3) is 10.9 Å². The molecule has 0 bridgehead atoms. The van der Waals surface area contributed by atoms with E-state index in [-0.39, 0.29) is 18.0 Å². The molecule has 0 aliphatic rings. The molecule has 18 heavy (non-hydrogen) atoms. The number of hydrogen-bond acceptors (Lipinski definition) is 3. The van der Waals surface area contributed by atoms with Crippen LogP contribution in [0.2, 0.25) is 0 Å². The topological polar surface area (TPSA) is 48.3 Å². The van der Waals surface area contributed by atoms with Gasteiger partial charge < -0.3 is 4.74 Å². The molecule has 1 aromatic carbocycles. The lowest BCUT2D eigenvalue weighted by atomic mass is 10.1. The number of hydrogen-bond donors (Lipinski definition) is 0. The minimum Gasteiger partial charge on any atom is -0.459 e. The molecule has 0 aliphatic carbocycles. The van der Waals surface area contributed by atoms with Gasteiger partial charge in [-0.25, -0.2) is 4.79 Å². The monoisotopic (exact) mass is 245 g/mol. The van der Waals surface area contributed by atoms with Gasteiger partial charge in [-0.1, -0.05) is 0 Å². The largest absolute Gasteiger partial charge is 0.459 e. The number of rotatable bonds is 2. The molecule has 0 aliphatic heterocycles. The van der Waals surface area contributed by atoms with Crippen molar-refractivity contribution in [1.82, 2.24) is 4.57 Å². The van der Waals surface area contributed by atoms with E-state index in [4.69, 9.17) is 4.74 Å². The summed E-state index contributed by atoms with van der Waals surface area (Å²) in [5.74, 6) is -0.398. The first-order chi connectivity index (χ1) is 8.49. The van der Waals surface area contributed by atoms with Crippen LogP contribution in [0.5, 0.6) is 0 Å². The number of nitrogens with zero attached hydrogens (tertiary/aromatic N) is 1. The van der Waals surface area contributed by atoms with Gasteiger partial charge in [0, 0.05) is 18.5 Å². The molecule has 0 atom stereocenters. The second-order valence-corrected chi connectivity index (χ2v) is 4.43. The van der Waals surface area contributed by atoms with Crippen LogP contribution in [0.3, 0.4) is 0 Å². The van der Waals surface area contributed by atoms with Crippen molar-refractivity contribution < 1.29 is 14.3 Å². The zero-order valence-electron chi connectivity index (χ0n) is 10.6. The van der Waals surface area contributed by atoms with Crippen molar-refractivity contribution in [3.63, 3.8) is 0 Å². The highest BCUT2D eigenvalue weighted by atomic mass is 16.5. The Hall–Kier alpha value is -2.10. The number of benzene rings is 1. The van der Waals surface area contributed by atoms with E-state index in [1.54, 1.807) is 29.0 Å². The third-order valence-electron chi connectivity index (χ3n) is 2.61. The van der Waals surface area contributed by atoms with Crippen molar-refractivity contribution in [2.45, 2.75) is 26.9 Å². The van der Waals surface area contributed by atoms with E-state index in [1.807, 2.05) is 19.9 Å². The molecule has 0 N–H and O–H groups in total. The first kappa shape index (κ1) is 12.4. The number of ether oxygens (including phenoxy) is 1. The zero-order chi connectivity index (χ0) is 13.3. The van der Waals surface area contributed by atoms with Crippen LogP contribution >= 0.6 is 0 Å². The maximum atomic E-state index is 11.7. The van der Waals surface area contributed by atoms with Gasteiger partial charge in [-0.15, -0.1) is 0 Å². The minimum atomic E-state index is -0.345. The third kappa shape index (κ3) is 2.27. The number of aromatic nitrogens is 1. The molecule has 0 fully saturated rings. The lowest BCUT2D eigenvalue weighted by molar-refractivity contribution is 0.0378. The first-order valence-electron chi connectivity index (χ1n) is 5.82. The molecule has 2 aromatic rings. The standard InChI is InChI=1S/C14H15NO3/c1-9(2)18-14(17)12-4-5-13-11(8-12)6-7-15(13)10(3)16/h4-9H,1-3H3. The summed E-state index contributed by atoms with van der Waals surface area (Å²) in [5, 5.41) is 0.850. The molecule has 0 amide bonds. The number of carbonyl (C=O) groups is 2. The fraction of sp³-hybridized carbons (Fsp3) is 0.286. The predicted molar refractivity (Wildman–Crippen MR) is 68.8 cm³/mol. The highest BCUT2D eigenvalue weighted by Crippen LogP contribution is 2.18. The summed E-state index contributed by atoms with van der Waals surface area (Å²) in [6.45, 7) is 5.12. The van der Waals surface area contributed by atoms with E-state index in [0.717, 1.165) is 10.9 Å². The average Bonchev–Trinajstić information content (AvgIpc) is 2.70. The second kappa shape index (κ2) is 4.64. The predicted octanol–water partition coefficient (Wildman–Crippen LogP) is 2.87. The van der Waals surface area contributed by atoms with Crippen molar-refractivity contribution in [3.8, 4) is 0 Å². The van der Waals surface area contributed by atoms with Crippen LogP contribution in [-0.2, 0) is 4.74 Å². The summed E-state index contributed by atoms with van der Waals surface area (Å²) in [6, 6.07) is 6.97. The van der Waals surface area contributed by atoms with Crippen LogP contribution < -0.4 is 0 Å². The lowest BCUT2D eigenvalue weighted by Gasteiger charge is -2.08. The average molecular weight is 245 g/mol. The Bertz CT molecular complexity index is 611. The van der Waals surface area contributed by atoms with Crippen molar-refractivity contribution >= 4 is 22.8 Å². The van der Waals surface area contributed by atoms with Crippen molar-refractivity contribution in [1.29, 1.82) is 0 Å². The molecule has 0 spiro atoms. The highest BCUT2D eigenvalue weighted by molar-refractivity contribution is 5.97. The van der Waals surface area contributed by atoms with E-state index in [1.165, 1.54) is 6.92 Å². The van der Waals surface area contributed by atoms with Gasteiger partial charge in [-0.05, 0) is 38.1 Å². The quantitative estimate of drug-likeness (QED) is 0.764. The molecule has 2 rings (SSSR count). The van der Waals surface area contributed by atoms with Crippen molar-refractivity contribution in [2.75, 3.05) is 0 Å². The van der Waals surface area contributed by atoms with E-state index in [2.05, 4.69) is 0 Å². The summed E-state index contributed by atoms with van der Waals surface area (Å²) in [4.78, 5) is 23.1. The van der Waals surface area contributed by atoms with Gasteiger partial charge in [0.1, 0.15) is 0 Å². The Kier molecular flexibility index (Phi) is 3.19. The third-order valence-corrected chi connectivity index (χ3v) is 2.61. The maximum absolute atomic E-state index is 11.7. The van der Waals surface area contributed by atoms with Gasteiger partial charge in [0.2, 0.25) is 5.91 Å². The summed E-state index contributed by atoms with van der Waals surface area (Å²) in [6.07, 6.45) is 1.56. The SMILES string of the molecule is CC(=O)n1ccc2cc(C(=O)OC(C)C)ccc21. The van der Waals surface area contributed by atoms with Gasteiger partial charge in [0.25, 0.3) is 0 Å². The number of esters is 1. The molecule has 1 aromatic heterocycles. The Morgan fingerprint density at radius 1 is 1.22 bits per heavy atom. The summed E-state index contributed by atoms with van der Waals surface area (Å²) >= 11 is 0. The Morgan fingerprint density at radius 2 is 1.94 bits per heavy atom. The fourth-order valence-corrected chi connectivity index (χ4v) is 1.83. The Morgan fingerprint density at radius 3 is 2.56 bits per heavy atom. The van der Waals surface area contributed by atoms with Crippen molar-refractivity contribution in [2.24, 2.45) is 0 Å². The zero-order valence-corrected chi connectivity index (χ0v) is 10.6. The molecule has 4 nitrogen and oxygen atoms in total. The van der Waals surface area contributed by atoms with E-state index >= 15 is 0 Å². The normalized spacial score (nSPS) is 10.9. The molecule has 0 unspecified atom stereocenters. The maximum Gasteiger partial charge on any atom is 0.338 e. The highest BCUT2D eigenvalue weighted by Gasteiger charge is 2.11. The Labute approximate surface area is 105 Å². The van der Waals surface area contributed by atoms with E-state index in [9.17, 15) is 9.59 Å². The molecule has 0 saturated heterocycles. The second-order valence-electron chi connectivity index (χ2n) is 4.43. The molecular formula is C14H15NO3. The van der Waals surface area contributed by atoms with Gasteiger partial charge in [0.05, 0.1) is 17.2 Å². The molecule has 0 saturated carbocycles. The van der Waals surface area contributed by atoms with Crippen LogP contribution in [0.15, 0.2) is 30.5 Å². The van der Waals surface area contributed by atoms with Crippen LogP contribution in [0.1, 0.15) is 35.9 Å². The van der Waals surface area contributed by atoms with Crippen LogP contribution in [0, 0.1) is 0 Å². The minimum absolute atomic E-state index is 0.0532. The summed E-state index contributed by atoms with van der Waals surface area (Å²) in [7, 11) is 0. The molecular weight excluding hydrogens is 230 g/mol. The molecule has 94 valence electrons.